The third-order valence-electron chi connectivity index (χ3n) is 2.49. The van der Waals surface area contributed by atoms with Crippen molar-refractivity contribution in [1.82, 2.24) is 5.32 Å². The van der Waals surface area contributed by atoms with Crippen molar-refractivity contribution < 1.29 is 34.1 Å². The Labute approximate surface area is 125 Å². The zero-order chi connectivity index (χ0) is 17.1. The first kappa shape index (κ1) is 17.2. The van der Waals surface area contributed by atoms with E-state index in [4.69, 9.17) is 10.2 Å². The van der Waals surface area contributed by atoms with Gasteiger partial charge in [-0.15, -0.1) is 0 Å². The van der Waals surface area contributed by atoms with Gasteiger partial charge in [0, 0.05) is 5.54 Å². The second kappa shape index (κ2) is 6.25. The molecule has 8 nitrogen and oxygen atoms in total. The number of carbonyl (C=O) groups excluding carboxylic acids is 2. The number of amides is 1. The summed E-state index contributed by atoms with van der Waals surface area (Å²) in [6.07, 6.45) is 0. The van der Waals surface area contributed by atoms with Crippen LogP contribution >= 0.6 is 0 Å². The number of hydrogen-bond acceptors (Lipinski definition) is 5. The molecule has 0 aliphatic rings. The van der Waals surface area contributed by atoms with E-state index in [1.165, 1.54) is 0 Å². The summed E-state index contributed by atoms with van der Waals surface area (Å²) in [5, 5.41) is 20.7. The lowest BCUT2D eigenvalue weighted by Gasteiger charge is -2.21. The molecule has 1 rings (SSSR count). The van der Waals surface area contributed by atoms with Crippen LogP contribution in [0.5, 0.6) is 5.75 Å². The molecule has 8 heteroatoms. The Morgan fingerprint density at radius 3 is 1.95 bits per heavy atom. The maximum absolute atomic E-state index is 12.2. The van der Waals surface area contributed by atoms with Gasteiger partial charge >= 0.3 is 11.9 Å². The van der Waals surface area contributed by atoms with Crippen LogP contribution in [-0.4, -0.2) is 40.1 Å². The van der Waals surface area contributed by atoms with Gasteiger partial charge in [-0.2, -0.15) is 0 Å². The minimum Gasteiger partial charge on any atom is -0.478 e. The molecule has 22 heavy (non-hydrogen) atoms. The molecule has 0 radical (unpaired) electrons. The highest BCUT2D eigenvalue weighted by atomic mass is 16.5. The van der Waals surface area contributed by atoms with Gasteiger partial charge in [-0.1, -0.05) is 0 Å². The van der Waals surface area contributed by atoms with Crippen LogP contribution in [0.15, 0.2) is 12.1 Å². The van der Waals surface area contributed by atoms with E-state index in [0.717, 1.165) is 12.1 Å². The molecule has 0 aliphatic heterocycles. The van der Waals surface area contributed by atoms with Gasteiger partial charge in [0.05, 0.1) is 16.7 Å². The molecule has 1 amide bonds. The van der Waals surface area contributed by atoms with Crippen LogP contribution in [0.1, 0.15) is 51.8 Å². The summed E-state index contributed by atoms with van der Waals surface area (Å²) in [7, 11) is 0. The number of carboxylic acid groups (broad SMARTS) is 2. The van der Waals surface area contributed by atoms with E-state index in [-0.39, 0.29) is 17.8 Å². The normalized spacial score (nSPS) is 10.7. The Morgan fingerprint density at radius 2 is 1.55 bits per heavy atom. The lowest BCUT2D eigenvalue weighted by atomic mass is 10.0. The van der Waals surface area contributed by atoms with Crippen molar-refractivity contribution in [1.29, 1.82) is 0 Å². The number of carbonyl (C=O) groups is 4. The average Bonchev–Trinajstić information content (AvgIpc) is 2.35. The maximum atomic E-state index is 12.2. The third kappa shape index (κ3) is 4.05. The zero-order valence-corrected chi connectivity index (χ0v) is 12.2. The first-order chi connectivity index (χ1) is 10.1. The van der Waals surface area contributed by atoms with Crippen molar-refractivity contribution >= 4 is 24.3 Å². The van der Waals surface area contributed by atoms with Gasteiger partial charge in [0.25, 0.3) is 12.4 Å². The van der Waals surface area contributed by atoms with Crippen LogP contribution in [0.4, 0.5) is 0 Å². The van der Waals surface area contributed by atoms with Crippen molar-refractivity contribution in [3.8, 4) is 5.75 Å². The third-order valence-corrected chi connectivity index (χ3v) is 2.49. The number of nitrogens with one attached hydrogen (secondary N) is 1. The van der Waals surface area contributed by atoms with Crippen molar-refractivity contribution in [2.75, 3.05) is 0 Å². The summed E-state index contributed by atoms with van der Waals surface area (Å²) in [6, 6.07) is 1.70. The van der Waals surface area contributed by atoms with Crippen molar-refractivity contribution in [3.63, 3.8) is 0 Å². The summed E-state index contributed by atoms with van der Waals surface area (Å²) in [5.41, 5.74) is -2.03. The lowest BCUT2D eigenvalue weighted by molar-refractivity contribution is -0.120. The van der Waals surface area contributed by atoms with Gasteiger partial charge in [-0.05, 0) is 32.9 Å². The van der Waals surface area contributed by atoms with E-state index in [2.05, 4.69) is 10.1 Å². The number of carboxylic acids is 2. The highest BCUT2D eigenvalue weighted by Gasteiger charge is 2.25. The molecule has 0 unspecified atom stereocenters. The molecule has 3 N–H and O–H groups in total. The molecule has 0 bridgehead atoms. The fourth-order valence-electron chi connectivity index (χ4n) is 1.67. The Hall–Kier alpha value is -2.90. The highest BCUT2D eigenvalue weighted by molar-refractivity contribution is 6.06. The largest absolute Gasteiger partial charge is 0.478 e. The zero-order valence-electron chi connectivity index (χ0n) is 12.2. The summed E-state index contributed by atoms with van der Waals surface area (Å²) >= 11 is 0. The number of ether oxygens (including phenoxy) is 1. The number of rotatable bonds is 5. The molecule has 1 aromatic rings. The molecule has 0 atom stereocenters. The number of aromatic carboxylic acids is 2. The fourth-order valence-corrected chi connectivity index (χ4v) is 1.67. The first-order valence-corrected chi connectivity index (χ1v) is 6.14. The lowest BCUT2D eigenvalue weighted by Crippen LogP contribution is -2.40. The van der Waals surface area contributed by atoms with Gasteiger partial charge in [0.15, 0.2) is 0 Å². The second-order valence-corrected chi connectivity index (χ2v) is 5.42. The standard InChI is InChI=1S/C14H15NO7/c1-14(2,3)15-11(17)9-4-7(12(18)19)8(13(20)21)5-10(9)22-6-16/h4-6H,1-3H3,(H,15,17)(H,18,19)(H,20,21). The van der Waals surface area contributed by atoms with Crippen LogP contribution in [-0.2, 0) is 4.79 Å². The monoisotopic (exact) mass is 309 g/mol. The predicted octanol–water partition coefficient (Wildman–Crippen LogP) is 1.15. The molecule has 0 saturated heterocycles. The van der Waals surface area contributed by atoms with Crippen LogP contribution < -0.4 is 10.1 Å². The first-order valence-electron chi connectivity index (χ1n) is 6.14. The molecule has 0 spiro atoms. The average molecular weight is 309 g/mol. The van der Waals surface area contributed by atoms with Crippen LogP contribution in [0.3, 0.4) is 0 Å². The minimum atomic E-state index is -1.52. The van der Waals surface area contributed by atoms with Crippen LogP contribution in [0.25, 0.3) is 0 Å². The smallest absolute Gasteiger partial charge is 0.336 e. The Morgan fingerprint density at radius 1 is 1.05 bits per heavy atom. The highest BCUT2D eigenvalue weighted by Crippen LogP contribution is 2.25. The molecule has 0 aromatic heterocycles. The minimum absolute atomic E-state index is 0.0231. The van der Waals surface area contributed by atoms with Gasteiger partial charge in [0.2, 0.25) is 0 Å². The van der Waals surface area contributed by atoms with E-state index in [1.807, 2.05) is 0 Å². The van der Waals surface area contributed by atoms with Crippen molar-refractivity contribution in [2.24, 2.45) is 0 Å². The Kier molecular flexibility index (Phi) is 4.87. The molecule has 0 aliphatic carbocycles. The van der Waals surface area contributed by atoms with Gasteiger partial charge in [0.1, 0.15) is 5.75 Å². The quantitative estimate of drug-likeness (QED) is 0.695. The van der Waals surface area contributed by atoms with E-state index >= 15 is 0 Å². The van der Waals surface area contributed by atoms with E-state index < -0.39 is 34.5 Å². The van der Waals surface area contributed by atoms with E-state index in [1.54, 1.807) is 20.8 Å². The summed E-state index contributed by atoms with van der Waals surface area (Å²) in [5.74, 6) is -4.06. The molecule has 1 aromatic carbocycles. The SMILES string of the molecule is CC(C)(C)NC(=O)c1cc(C(=O)O)c(C(=O)O)cc1OC=O. The predicted molar refractivity (Wildman–Crippen MR) is 74.3 cm³/mol. The topological polar surface area (TPSA) is 130 Å². The maximum Gasteiger partial charge on any atom is 0.336 e. The van der Waals surface area contributed by atoms with Gasteiger partial charge in [-0.3, -0.25) is 9.59 Å². The molecule has 0 heterocycles. The molecule has 0 fully saturated rings. The summed E-state index contributed by atoms with van der Waals surface area (Å²) in [4.78, 5) is 44.9. The van der Waals surface area contributed by atoms with Crippen LogP contribution in [0.2, 0.25) is 0 Å². The summed E-state index contributed by atoms with van der Waals surface area (Å²) in [6.45, 7) is 5.13. The molecule has 118 valence electrons. The molecule has 0 saturated carbocycles. The Bertz CT molecular complexity index is 643. The van der Waals surface area contributed by atoms with Crippen molar-refractivity contribution in [2.45, 2.75) is 26.3 Å². The number of benzene rings is 1. The summed E-state index contributed by atoms with van der Waals surface area (Å²) < 4.78 is 4.60. The fraction of sp³-hybridized carbons (Fsp3) is 0.286. The second-order valence-electron chi connectivity index (χ2n) is 5.42. The Balaban J connectivity index is 3.50. The van der Waals surface area contributed by atoms with Gasteiger partial charge in [-0.25, -0.2) is 9.59 Å². The van der Waals surface area contributed by atoms with E-state index in [9.17, 15) is 19.2 Å². The van der Waals surface area contributed by atoms with E-state index in [0.29, 0.717) is 0 Å². The van der Waals surface area contributed by atoms with Crippen molar-refractivity contribution in [3.05, 3.63) is 28.8 Å². The van der Waals surface area contributed by atoms with Crippen LogP contribution in [0, 0.1) is 0 Å². The van der Waals surface area contributed by atoms with Gasteiger partial charge < -0.3 is 20.3 Å². The number of hydrogen-bond donors (Lipinski definition) is 3. The molecular weight excluding hydrogens is 294 g/mol. The molecular formula is C14H15NO7.